The molecule has 360 valence electrons. The Hall–Kier alpha value is -4.27. The molecule has 10 rings (SSSR count). The van der Waals surface area contributed by atoms with Crippen LogP contribution in [0.2, 0.25) is 0 Å². The molecular formula is C58H76FN3O5. The monoisotopic (exact) mass is 914 g/mol. The Bertz CT molecular complexity index is 2410. The molecule has 6 aliphatic carbocycles. The Labute approximate surface area is 399 Å². The van der Waals surface area contributed by atoms with Gasteiger partial charge in [0.25, 0.3) is 0 Å². The van der Waals surface area contributed by atoms with E-state index in [4.69, 9.17) is 14.5 Å². The average molecular weight is 914 g/mol. The van der Waals surface area contributed by atoms with Crippen molar-refractivity contribution in [2.24, 2.45) is 73.9 Å². The second-order valence-corrected chi connectivity index (χ2v) is 24.7. The average Bonchev–Trinajstić information content (AvgIpc) is 4.07. The summed E-state index contributed by atoms with van der Waals surface area (Å²) in [5.74, 6) is 1.82. The molecule has 0 radical (unpaired) electrons. The first-order valence-electron chi connectivity index (χ1n) is 25.9. The standard InChI is InChI=1S/C58H76FN3O5/c1-35(2)39-23-28-58(52(65)62-31-13-16-44(62)49-60-33-43(61-49)37-17-19-38(59)20-18-37)30-29-56(8)40(48(39)58)21-22-46-55(7)26-25-47(54(5,6)45(55)24-27-57(46,56)9)67-51(64)42-32-41(53(42,3)4)50(63)66-34-36-14-11-10-12-15-36/h10-12,14-15,17-20,33,39-42,44-48H,1,13,16,21-32,34H2,2-9H3,(H,60,61)/t39?,40-,41+,42-,44?,45+,46-,47+,48-,55+,56-,57-,58+/m1/s1. The topological polar surface area (TPSA) is 102 Å². The Morgan fingerprint density at radius 2 is 1.52 bits per heavy atom. The number of fused-ring (bicyclic) bond motifs is 7. The first-order valence-corrected chi connectivity index (χ1v) is 25.9. The third kappa shape index (κ3) is 7.05. The Balaban J connectivity index is 0.848. The van der Waals surface area contributed by atoms with E-state index in [1.165, 1.54) is 17.7 Å². The van der Waals surface area contributed by atoms with Crippen LogP contribution in [0.1, 0.15) is 156 Å². The highest BCUT2D eigenvalue weighted by Gasteiger charge is 2.72. The van der Waals surface area contributed by atoms with Crippen molar-refractivity contribution < 1.29 is 28.2 Å². The quantitative estimate of drug-likeness (QED) is 0.169. The number of hydrogen-bond acceptors (Lipinski definition) is 6. The number of esters is 2. The largest absolute Gasteiger partial charge is 0.462 e. The highest BCUT2D eigenvalue weighted by Crippen LogP contribution is 2.78. The third-order valence-electron chi connectivity index (χ3n) is 21.3. The second-order valence-electron chi connectivity index (χ2n) is 24.7. The van der Waals surface area contributed by atoms with Gasteiger partial charge in [0.05, 0.1) is 29.0 Å². The van der Waals surface area contributed by atoms with Crippen LogP contribution < -0.4 is 0 Å². The molecule has 3 aromatic rings. The van der Waals surface area contributed by atoms with Gasteiger partial charge in [-0.3, -0.25) is 14.4 Å². The number of aromatic nitrogens is 2. The van der Waals surface area contributed by atoms with E-state index in [2.05, 4.69) is 58.0 Å². The van der Waals surface area contributed by atoms with Crippen molar-refractivity contribution in [3.63, 3.8) is 0 Å². The number of aromatic amines is 1. The molecule has 2 aromatic carbocycles. The van der Waals surface area contributed by atoms with Gasteiger partial charge in [-0.25, -0.2) is 9.37 Å². The highest BCUT2D eigenvalue weighted by atomic mass is 19.1. The van der Waals surface area contributed by atoms with Gasteiger partial charge in [-0.15, -0.1) is 0 Å². The fourth-order valence-electron chi connectivity index (χ4n) is 17.3. The summed E-state index contributed by atoms with van der Waals surface area (Å²) < 4.78 is 26.1. The summed E-state index contributed by atoms with van der Waals surface area (Å²) >= 11 is 0. The summed E-state index contributed by atoms with van der Waals surface area (Å²) in [7, 11) is 0. The van der Waals surface area contributed by atoms with Gasteiger partial charge in [-0.1, -0.05) is 91.0 Å². The molecule has 1 aromatic heterocycles. The van der Waals surface area contributed by atoms with E-state index in [9.17, 15) is 14.0 Å². The molecule has 9 heteroatoms. The van der Waals surface area contributed by atoms with Gasteiger partial charge in [0, 0.05) is 23.7 Å². The summed E-state index contributed by atoms with van der Waals surface area (Å²) in [6.45, 7) is 24.5. The van der Waals surface area contributed by atoms with Gasteiger partial charge in [0.2, 0.25) is 5.91 Å². The molecule has 6 saturated carbocycles. The van der Waals surface area contributed by atoms with E-state index in [-0.39, 0.29) is 75.9 Å². The van der Waals surface area contributed by atoms with Gasteiger partial charge >= 0.3 is 11.9 Å². The lowest BCUT2D eigenvalue weighted by atomic mass is 9.32. The number of nitrogens with one attached hydrogen (secondary N) is 1. The lowest BCUT2D eigenvalue weighted by Crippen LogP contribution is -2.67. The number of H-pyrrole nitrogens is 1. The van der Waals surface area contributed by atoms with Crippen molar-refractivity contribution in [3.05, 3.63) is 90.2 Å². The van der Waals surface area contributed by atoms with Crippen LogP contribution in [0.4, 0.5) is 4.39 Å². The van der Waals surface area contributed by atoms with Crippen LogP contribution in [0.15, 0.2) is 72.9 Å². The summed E-state index contributed by atoms with van der Waals surface area (Å²) in [5.41, 5.74) is 2.98. The number of carbonyl (C=O) groups is 3. The normalized spacial score (nSPS) is 39.2. The first-order chi connectivity index (χ1) is 31.8. The van der Waals surface area contributed by atoms with E-state index in [1.54, 1.807) is 12.1 Å². The molecule has 0 spiro atoms. The van der Waals surface area contributed by atoms with Crippen LogP contribution in [0.5, 0.6) is 0 Å². The van der Waals surface area contributed by atoms with E-state index in [0.717, 1.165) is 106 Å². The number of benzene rings is 2. The SMILES string of the molecule is C=C(C)C1CC[C@]2(C(=O)N3CCCC3c3nc(-c4ccc(F)cc4)c[nH]3)CC[C@]3(C)[C@H](CC[C@@H]4[C@@]5(C)CC[C@H](OC(=O)[C@H]6C[C@@H](C(=O)OCc7ccccc7)C6(C)C)C(C)(C)[C@@H]5CC[C@]43C)[C@@H]12. The van der Waals surface area contributed by atoms with Crippen LogP contribution in [0.3, 0.4) is 0 Å². The van der Waals surface area contributed by atoms with Gasteiger partial charge in [-0.2, -0.15) is 0 Å². The molecule has 0 bridgehead atoms. The molecule has 1 aliphatic heterocycles. The summed E-state index contributed by atoms with van der Waals surface area (Å²) in [5, 5.41) is 0. The molecule has 1 amide bonds. The van der Waals surface area contributed by atoms with Gasteiger partial charge < -0.3 is 19.4 Å². The predicted molar refractivity (Wildman–Crippen MR) is 258 cm³/mol. The fraction of sp³-hybridized carbons (Fsp3) is 0.655. The van der Waals surface area contributed by atoms with Crippen LogP contribution in [0, 0.1) is 79.7 Å². The number of ether oxygens (including phenoxy) is 2. The van der Waals surface area contributed by atoms with Crippen LogP contribution >= 0.6 is 0 Å². The molecular weight excluding hydrogens is 838 g/mol. The second kappa shape index (κ2) is 16.4. The highest BCUT2D eigenvalue weighted by molar-refractivity contribution is 5.85. The Kier molecular flexibility index (Phi) is 11.4. The predicted octanol–water partition coefficient (Wildman–Crippen LogP) is 12.9. The minimum absolute atomic E-state index is 0.0773. The van der Waals surface area contributed by atoms with Crippen molar-refractivity contribution in [2.75, 3.05) is 6.54 Å². The van der Waals surface area contributed by atoms with Crippen molar-refractivity contribution in [2.45, 2.75) is 158 Å². The Morgan fingerprint density at radius 3 is 2.24 bits per heavy atom. The van der Waals surface area contributed by atoms with E-state index < -0.39 is 10.8 Å². The molecule has 2 heterocycles. The number of halogens is 1. The maximum Gasteiger partial charge on any atom is 0.309 e. The minimum atomic E-state index is -0.532. The Morgan fingerprint density at radius 1 is 0.791 bits per heavy atom. The van der Waals surface area contributed by atoms with Gasteiger partial charge in [0.1, 0.15) is 24.4 Å². The number of nitrogens with zero attached hydrogens (tertiary/aromatic N) is 2. The lowest BCUT2D eigenvalue weighted by molar-refractivity contribution is -0.251. The first kappa shape index (κ1) is 46.5. The van der Waals surface area contributed by atoms with Crippen LogP contribution in [-0.2, 0) is 30.5 Å². The van der Waals surface area contributed by atoms with E-state index in [1.807, 2.05) is 50.4 Å². The number of likely N-dealkylation sites (tertiary alicyclic amines) is 1. The smallest absolute Gasteiger partial charge is 0.309 e. The van der Waals surface area contributed by atoms with Gasteiger partial charge in [0.15, 0.2) is 0 Å². The van der Waals surface area contributed by atoms with Crippen LogP contribution in [-0.4, -0.2) is 45.4 Å². The molecule has 7 aliphatic rings. The fourth-order valence-corrected chi connectivity index (χ4v) is 17.3. The molecule has 7 fully saturated rings. The number of amides is 1. The maximum atomic E-state index is 15.6. The zero-order valence-corrected chi connectivity index (χ0v) is 41.6. The number of carbonyl (C=O) groups excluding carboxylic acids is 3. The van der Waals surface area contributed by atoms with Crippen molar-refractivity contribution in [1.29, 1.82) is 0 Å². The zero-order chi connectivity index (χ0) is 47.5. The summed E-state index contributed by atoms with van der Waals surface area (Å²) in [6.07, 6.45) is 14.4. The molecule has 1 saturated heterocycles. The van der Waals surface area contributed by atoms with E-state index >= 15 is 4.79 Å². The molecule has 67 heavy (non-hydrogen) atoms. The zero-order valence-electron chi connectivity index (χ0n) is 41.6. The molecule has 13 atom stereocenters. The molecule has 1 N–H and O–H groups in total. The van der Waals surface area contributed by atoms with E-state index in [0.29, 0.717) is 36.0 Å². The van der Waals surface area contributed by atoms with Crippen molar-refractivity contribution >= 4 is 17.8 Å². The molecule has 8 nitrogen and oxygen atoms in total. The van der Waals surface area contributed by atoms with Crippen molar-refractivity contribution in [3.8, 4) is 11.3 Å². The third-order valence-corrected chi connectivity index (χ3v) is 21.3. The lowest BCUT2D eigenvalue weighted by Gasteiger charge is -2.73. The summed E-state index contributed by atoms with van der Waals surface area (Å²) in [4.78, 5) is 53.6. The molecule has 2 unspecified atom stereocenters. The number of allylic oxidation sites excluding steroid dienone is 1. The number of rotatable bonds is 9. The number of imidazole rings is 1. The minimum Gasteiger partial charge on any atom is -0.462 e. The van der Waals surface area contributed by atoms with Gasteiger partial charge in [-0.05, 0) is 171 Å². The summed E-state index contributed by atoms with van der Waals surface area (Å²) in [6, 6.07) is 16.1. The van der Waals surface area contributed by atoms with Crippen molar-refractivity contribution in [1.82, 2.24) is 14.9 Å². The maximum absolute atomic E-state index is 15.6. The number of hydrogen-bond donors (Lipinski definition) is 1. The van der Waals surface area contributed by atoms with Crippen LogP contribution in [0.25, 0.3) is 11.3 Å².